The highest BCUT2D eigenvalue weighted by atomic mass is 35.5. The third-order valence-corrected chi connectivity index (χ3v) is 5.68. The molecule has 0 bridgehead atoms. The number of hydrogen-bond donors (Lipinski definition) is 1. The molecule has 1 fully saturated rings. The van der Waals surface area contributed by atoms with Gasteiger partial charge in [0.1, 0.15) is 5.82 Å². The molecule has 1 aromatic carbocycles. The van der Waals surface area contributed by atoms with Gasteiger partial charge in [0.25, 0.3) is 0 Å². The topological polar surface area (TPSA) is 42.3 Å². The monoisotopic (exact) mass is 446 g/mol. The Kier molecular flexibility index (Phi) is 5.79. The summed E-state index contributed by atoms with van der Waals surface area (Å²) in [6, 6.07) is 6.51. The SMILES string of the molecule is C=C(c1cnc(Nc2ccc(Cl)cc2OC(C)(F)F)c2ccn(C)c12)N1CCCCC1. The van der Waals surface area contributed by atoms with Gasteiger partial charge in [0, 0.05) is 67.2 Å². The van der Waals surface area contributed by atoms with Gasteiger partial charge in [-0.1, -0.05) is 18.2 Å². The first kappa shape index (κ1) is 21.4. The van der Waals surface area contributed by atoms with Crippen LogP contribution in [0, 0.1) is 0 Å². The molecule has 3 heterocycles. The van der Waals surface area contributed by atoms with Crippen molar-refractivity contribution in [2.45, 2.75) is 32.3 Å². The van der Waals surface area contributed by atoms with Crippen LogP contribution in [0.25, 0.3) is 16.6 Å². The molecule has 3 aromatic rings. The smallest absolute Gasteiger partial charge is 0.394 e. The Labute approximate surface area is 185 Å². The van der Waals surface area contributed by atoms with Crippen LogP contribution in [0.3, 0.4) is 0 Å². The summed E-state index contributed by atoms with van der Waals surface area (Å²) in [4.78, 5) is 6.90. The summed E-state index contributed by atoms with van der Waals surface area (Å²) >= 11 is 5.99. The number of piperidine rings is 1. The predicted octanol–water partition coefficient (Wildman–Crippen LogP) is 6.42. The Hall–Kier alpha value is -2.80. The zero-order valence-electron chi connectivity index (χ0n) is 17.6. The summed E-state index contributed by atoms with van der Waals surface area (Å²) in [7, 11) is 1.97. The standard InChI is InChI=1S/C23H25ClF2N4O/c1-15(30-10-5-4-6-11-30)18-14-27-22(17-9-12-29(3)21(17)18)28-19-8-7-16(24)13-20(19)31-23(2,25)26/h7-9,12-14H,1,4-6,10-11H2,2-3H3,(H,27,28). The number of hydrogen-bond acceptors (Lipinski definition) is 4. The van der Waals surface area contributed by atoms with E-state index in [-0.39, 0.29) is 5.75 Å². The first-order chi connectivity index (χ1) is 14.7. The van der Waals surface area contributed by atoms with Gasteiger partial charge in [-0.05, 0) is 37.5 Å². The molecule has 1 saturated heterocycles. The van der Waals surface area contributed by atoms with Crippen LogP contribution in [0.5, 0.6) is 5.75 Å². The van der Waals surface area contributed by atoms with Crippen molar-refractivity contribution >= 4 is 39.7 Å². The molecule has 0 saturated carbocycles. The number of likely N-dealkylation sites (tertiary alicyclic amines) is 1. The number of halogens is 3. The minimum atomic E-state index is -3.34. The molecular formula is C23H25ClF2N4O. The number of ether oxygens (including phenoxy) is 1. The van der Waals surface area contributed by atoms with Crippen LogP contribution in [-0.2, 0) is 7.05 Å². The average molecular weight is 447 g/mol. The first-order valence-corrected chi connectivity index (χ1v) is 10.6. The summed E-state index contributed by atoms with van der Waals surface area (Å²) in [5, 5.41) is 4.30. The summed E-state index contributed by atoms with van der Waals surface area (Å²) in [5.74, 6) is 0.491. The number of aryl methyl sites for hydroxylation is 1. The Morgan fingerprint density at radius 2 is 1.97 bits per heavy atom. The Morgan fingerprint density at radius 3 is 2.68 bits per heavy atom. The van der Waals surface area contributed by atoms with E-state index in [0.717, 1.165) is 48.1 Å². The van der Waals surface area contributed by atoms with Crippen molar-refractivity contribution in [3.8, 4) is 5.75 Å². The number of anilines is 2. The van der Waals surface area contributed by atoms with Gasteiger partial charge < -0.3 is 19.5 Å². The fraction of sp³-hybridized carbons (Fsp3) is 0.348. The Morgan fingerprint density at radius 1 is 1.23 bits per heavy atom. The number of benzene rings is 1. The van der Waals surface area contributed by atoms with Crippen LogP contribution in [0.15, 0.2) is 43.2 Å². The van der Waals surface area contributed by atoms with Gasteiger partial charge in [-0.15, -0.1) is 0 Å². The van der Waals surface area contributed by atoms with E-state index in [2.05, 4.69) is 21.8 Å². The van der Waals surface area contributed by atoms with E-state index in [1.165, 1.54) is 12.5 Å². The van der Waals surface area contributed by atoms with Crippen molar-refractivity contribution < 1.29 is 13.5 Å². The van der Waals surface area contributed by atoms with Gasteiger partial charge in [-0.2, -0.15) is 8.78 Å². The number of nitrogens with one attached hydrogen (secondary N) is 1. The molecule has 0 atom stereocenters. The van der Waals surface area contributed by atoms with Gasteiger partial charge >= 0.3 is 6.11 Å². The lowest BCUT2D eigenvalue weighted by Crippen LogP contribution is -2.28. The van der Waals surface area contributed by atoms with Crippen LogP contribution in [0.4, 0.5) is 20.3 Å². The van der Waals surface area contributed by atoms with Gasteiger partial charge in [-0.25, -0.2) is 4.98 Å². The second-order valence-electron chi connectivity index (χ2n) is 7.88. The van der Waals surface area contributed by atoms with Crippen molar-refractivity contribution in [2.24, 2.45) is 7.05 Å². The molecule has 164 valence electrons. The van der Waals surface area contributed by atoms with E-state index in [4.69, 9.17) is 16.3 Å². The molecule has 0 radical (unpaired) electrons. The van der Waals surface area contributed by atoms with Crippen LogP contribution in [0.2, 0.25) is 5.02 Å². The lowest BCUT2D eigenvalue weighted by molar-refractivity contribution is -0.158. The number of alkyl halides is 2. The quantitative estimate of drug-likeness (QED) is 0.474. The fourth-order valence-corrected chi connectivity index (χ4v) is 4.13. The second-order valence-corrected chi connectivity index (χ2v) is 8.32. The van der Waals surface area contributed by atoms with Crippen molar-refractivity contribution in [1.82, 2.24) is 14.5 Å². The Balaban J connectivity index is 1.72. The molecular weight excluding hydrogens is 422 g/mol. The maximum atomic E-state index is 13.5. The molecule has 1 aliphatic rings. The van der Waals surface area contributed by atoms with Gasteiger partial charge in [0.2, 0.25) is 0 Å². The third-order valence-electron chi connectivity index (χ3n) is 5.44. The van der Waals surface area contributed by atoms with E-state index < -0.39 is 6.11 Å². The maximum Gasteiger partial charge on any atom is 0.394 e. The summed E-state index contributed by atoms with van der Waals surface area (Å²) < 4.78 is 33.8. The van der Waals surface area contributed by atoms with E-state index in [1.807, 2.05) is 23.9 Å². The lowest BCUT2D eigenvalue weighted by atomic mass is 10.1. The third kappa shape index (κ3) is 4.61. The highest BCUT2D eigenvalue weighted by molar-refractivity contribution is 6.30. The minimum Gasteiger partial charge on any atom is -0.430 e. The normalized spacial score (nSPS) is 14.7. The molecule has 0 spiro atoms. The van der Waals surface area contributed by atoms with Crippen LogP contribution >= 0.6 is 11.6 Å². The lowest BCUT2D eigenvalue weighted by Gasteiger charge is -2.31. The summed E-state index contributed by atoms with van der Waals surface area (Å²) in [6.07, 6.45) is 3.95. The molecule has 31 heavy (non-hydrogen) atoms. The zero-order valence-corrected chi connectivity index (χ0v) is 18.3. The first-order valence-electron chi connectivity index (χ1n) is 10.2. The van der Waals surface area contributed by atoms with Gasteiger partial charge in [0.15, 0.2) is 5.75 Å². The van der Waals surface area contributed by atoms with Crippen LogP contribution in [0.1, 0.15) is 31.7 Å². The minimum absolute atomic E-state index is 0.0484. The number of nitrogens with zero attached hydrogens (tertiary/aromatic N) is 3. The number of aromatic nitrogens is 2. The van der Waals surface area contributed by atoms with E-state index in [9.17, 15) is 8.78 Å². The average Bonchev–Trinajstić information content (AvgIpc) is 3.11. The molecule has 0 aliphatic carbocycles. The van der Waals surface area contributed by atoms with E-state index in [1.54, 1.807) is 18.3 Å². The van der Waals surface area contributed by atoms with Gasteiger partial charge in [-0.3, -0.25) is 0 Å². The highest BCUT2D eigenvalue weighted by Crippen LogP contribution is 2.37. The summed E-state index contributed by atoms with van der Waals surface area (Å²) in [5.41, 5.74) is 3.24. The van der Waals surface area contributed by atoms with Crippen molar-refractivity contribution in [2.75, 3.05) is 18.4 Å². The van der Waals surface area contributed by atoms with Crippen LogP contribution < -0.4 is 10.1 Å². The van der Waals surface area contributed by atoms with Crippen molar-refractivity contribution in [3.05, 3.63) is 53.8 Å². The number of pyridine rings is 1. The largest absolute Gasteiger partial charge is 0.430 e. The molecule has 8 heteroatoms. The maximum absolute atomic E-state index is 13.5. The van der Waals surface area contributed by atoms with E-state index in [0.29, 0.717) is 23.5 Å². The molecule has 1 N–H and O–H groups in total. The molecule has 4 rings (SSSR count). The van der Waals surface area contributed by atoms with Crippen molar-refractivity contribution in [1.29, 1.82) is 0 Å². The molecule has 1 aliphatic heterocycles. The predicted molar refractivity (Wildman–Crippen MR) is 121 cm³/mol. The molecule has 2 aromatic heterocycles. The summed E-state index contributed by atoms with van der Waals surface area (Å²) in [6.45, 7) is 6.99. The Bertz CT molecular complexity index is 1120. The fourth-order valence-electron chi connectivity index (χ4n) is 3.97. The molecule has 0 amide bonds. The zero-order chi connectivity index (χ0) is 22.2. The molecule has 5 nitrogen and oxygen atoms in total. The van der Waals surface area contributed by atoms with Crippen LogP contribution in [-0.4, -0.2) is 33.6 Å². The van der Waals surface area contributed by atoms with E-state index >= 15 is 0 Å². The van der Waals surface area contributed by atoms with Gasteiger partial charge in [0.05, 0.1) is 11.2 Å². The second kappa shape index (κ2) is 8.38. The van der Waals surface area contributed by atoms with Crippen molar-refractivity contribution in [3.63, 3.8) is 0 Å². The number of fused-ring (bicyclic) bond motifs is 1. The number of rotatable bonds is 6. The highest BCUT2D eigenvalue weighted by Gasteiger charge is 2.25. The molecule has 0 unspecified atom stereocenters.